The predicted molar refractivity (Wildman–Crippen MR) is 51.0 cm³/mol. The van der Waals surface area contributed by atoms with Crippen molar-refractivity contribution < 1.29 is 19.7 Å². The van der Waals surface area contributed by atoms with Crippen molar-refractivity contribution in [1.29, 1.82) is 0 Å². The molecule has 0 saturated heterocycles. The third-order valence-corrected chi connectivity index (χ3v) is 2.00. The van der Waals surface area contributed by atoms with E-state index in [9.17, 15) is 9.90 Å². The molecule has 0 unspecified atom stereocenters. The lowest BCUT2D eigenvalue weighted by Crippen LogP contribution is -1.99. The van der Waals surface area contributed by atoms with Crippen LogP contribution in [0.5, 0.6) is 11.5 Å². The normalized spacial score (nSPS) is 9.86. The molecule has 0 aliphatic heterocycles. The van der Waals surface area contributed by atoms with Crippen LogP contribution in [0.25, 0.3) is 0 Å². The van der Waals surface area contributed by atoms with E-state index in [4.69, 9.17) is 9.84 Å². The van der Waals surface area contributed by atoms with E-state index in [0.29, 0.717) is 12.0 Å². The molecule has 0 fully saturated rings. The van der Waals surface area contributed by atoms with Crippen LogP contribution in [-0.2, 0) is 6.42 Å². The first-order chi connectivity index (χ1) is 6.60. The Balaban J connectivity index is 3.32. The molecule has 0 aromatic heterocycles. The van der Waals surface area contributed by atoms with Gasteiger partial charge in [0.2, 0.25) is 0 Å². The summed E-state index contributed by atoms with van der Waals surface area (Å²) in [6, 6.07) is 2.75. The third-order valence-electron chi connectivity index (χ3n) is 2.00. The van der Waals surface area contributed by atoms with E-state index in [1.807, 2.05) is 6.92 Å². The number of carboxylic acids is 1. The Kier molecular flexibility index (Phi) is 2.96. The Morgan fingerprint density at radius 2 is 2.14 bits per heavy atom. The summed E-state index contributed by atoms with van der Waals surface area (Å²) in [7, 11) is 1.39. The fourth-order valence-electron chi connectivity index (χ4n) is 1.21. The van der Waals surface area contributed by atoms with Crippen molar-refractivity contribution in [3.63, 3.8) is 0 Å². The van der Waals surface area contributed by atoms with Crippen LogP contribution in [0.1, 0.15) is 22.8 Å². The van der Waals surface area contributed by atoms with Crippen LogP contribution in [0.3, 0.4) is 0 Å². The molecule has 1 rings (SSSR count). The van der Waals surface area contributed by atoms with Gasteiger partial charge in [-0.2, -0.15) is 0 Å². The van der Waals surface area contributed by atoms with Crippen LogP contribution >= 0.6 is 0 Å². The second-order valence-corrected chi connectivity index (χ2v) is 2.84. The zero-order valence-corrected chi connectivity index (χ0v) is 8.07. The smallest absolute Gasteiger partial charge is 0.335 e. The molecular formula is C10H12O4. The van der Waals surface area contributed by atoms with Gasteiger partial charge in [-0.05, 0) is 24.1 Å². The van der Waals surface area contributed by atoms with Crippen molar-refractivity contribution in [2.75, 3.05) is 7.11 Å². The lowest BCUT2D eigenvalue weighted by atomic mass is 10.1. The van der Waals surface area contributed by atoms with Crippen molar-refractivity contribution in [3.8, 4) is 11.5 Å². The first-order valence-electron chi connectivity index (χ1n) is 4.23. The van der Waals surface area contributed by atoms with Crippen LogP contribution in [0, 0.1) is 0 Å². The molecule has 0 amide bonds. The highest BCUT2D eigenvalue weighted by molar-refractivity contribution is 5.89. The maximum Gasteiger partial charge on any atom is 0.335 e. The number of ether oxygens (including phenoxy) is 1. The molecule has 76 valence electrons. The average Bonchev–Trinajstić information content (AvgIpc) is 2.17. The van der Waals surface area contributed by atoms with Gasteiger partial charge in [-0.25, -0.2) is 4.79 Å². The van der Waals surface area contributed by atoms with Gasteiger partial charge in [0.1, 0.15) is 0 Å². The topological polar surface area (TPSA) is 66.8 Å². The zero-order chi connectivity index (χ0) is 10.7. The van der Waals surface area contributed by atoms with Crippen molar-refractivity contribution in [1.82, 2.24) is 0 Å². The van der Waals surface area contributed by atoms with Crippen LogP contribution in [-0.4, -0.2) is 23.3 Å². The van der Waals surface area contributed by atoms with Crippen molar-refractivity contribution in [2.24, 2.45) is 0 Å². The first-order valence-corrected chi connectivity index (χ1v) is 4.23. The third kappa shape index (κ3) is 1.79. The van der Waals surface area contributed by atoms with E-state index in [2.05, 4.69) is 0 Å². The minimum absolute atomic E-state index is 0.0139. The lowest BCUT2D eigenvalue weighted by Gasteiger charge is -2.08. The first kappa shape index (κ1) is 10.4. The predicted octanol–water partition coefficient (Wildman–Crippen LogP) is 1.66. The van der Waals surface area contributed by atoms with Crippen molar-refractivity contribution in [3.05, 3.63) is 23.3 Å². The second kappa shape index (κ2) is 4.00. The molecular weight excluding hydrogens is 184 g/mol. The largest absolute Gasteiger partial charge is 0.504 e. The molecule has 1 aromatic rings. The number of methoxy groups -OCH3 is 1. The van der Waals surface area contributed by atoms with E-state index < -0.39 is 5.97 Å². The molecule has 0 saturated carbocycles. The summed E-state index contributed by atoms with van der Waals surface area (Å²) >= 11 is 0. The van der Waals surface area contributed by atoms with Gasteiger partial charge >= 0.3 is 5.97 Å². The molecule has 2 N–H and O–H groups in total. The molecule has 0 bridgehead atoms. The number of aryl methyl sites for hydroxylation is 1. The van der Waals surface area contributed by atoms with E-state index in [0.717, 1.165) is 0 Å². The summed E-state index contributed by atoms with van der Waals surface area (Å²) in [5, 5.41) is 18.4. The number of hydrogen-bond donors (Lipinski definition) is 2. The number of phenolic OH excluding ortho intramolecular Hbond substituents is 1. The van der Waals surface area contributed by atoms with Crippen LogP contribution in [0.2, 0.25) is 0 Å². The van der Waals surface area contributed by atoms with E-state index in [1.165, 1.54) is 19.2 Å². The summed E-state index contributed by atoms with van der Waals surface area (Å²) in [6.07, 6.45) is 0.559. The highest BCUT2D eigenvalue weighted by Gasteiger charge is 2.12. The molecule has 0 aliphatic rings. The zero-order valence-electron chi connectivity index (χ0n) is 8.07. The van der Waals surface area contributed by atoms with Gasteiger partial charge in [-0.15, -0.1) is 0 Å². The number of aromatic carboxylic acids is 1. The highest BCUT2D eigenvalue weighted by atomic mass is 16.5. The van der Waals surface area contributed by atoms with Crippen molar-refractivity contribution in [2.45, 2.75) is 13.3 Å². The van der Waals surface area contributed by atoms with Gasteiger partial charge in [0.15, 0.2) is 11.5 Å². The molecule has 0 heterocycles. The van der Waals surface area contributed by atoms with Gasteiger partial charge in [0.25, 0.3) is 0 Å². The summed E-state index contributed by atoms with van der Waals surface area (Å²) in [6.45, 7) is 1.83. The second-order valence-electron chi connectivity index (χ2n) is 2.84. The minimum Gasteiger partial charge on any atom is -0.504 e. The number of phenols is 1. The Morgan fingerprint density at radius 3 is 2.57 bits per heavy atom. The van der Waals surface area contributed by atoms with Gasteiger partial charge < -0.3 is 14.9 Å². The fraction of sp³-hybridized carbons (Fsp3) is 0.300. The van der Waals surface area contributed by atoms with Gasteiger partial charge in [-0.3, -0.25) is 0 Å². The standard InChI is InChI=1S/C10H12O4/c1-3-6-4-7(10(12)13)5-8(14-2)9(6)11/h4-5,11H,3H2,1-2H3,(H,12,13). The maximum atomic E-state index is 10.7. The fourth-order valence-corrected chi connectivity index (χ4v) is 1.21. The molecule has 4 heteroatoms. The summed E-state index contributed by atoms with van der Waals surface area (Å²) < 4.78 is 4.86. The minimum atomic E-state index is -1.03. The SMILES string of the molecule is CCc1cc(C(=O)O)cc(OC)c1O. The molecule has 4 nitrogen and oxygen atoms in total. The Hall–Kier alpha value is -1.71. The number of hydrogen-bond acceptors (Lipinski definition) is 3. The molecule has 0 radical (unpaired) electrons. The summed E-state index contributed by atoms with van der Waals surface area (Å²) in [5.74, 6) is -0.820. The number of benzene rings is 1. The highest BCUT2D eigenvalue weighted by Crippen LogP contribution is 2.31. The number of rotatable bonds is 3. The lowest BCUT2D eigenvalue weighted by molar-refractivity contribution is 0.0696. The molecule has 0 aliphatic carbocycles. The Morgan fingerprint density at radius 1 is 1.50 bits per heavy atom. The summed E-state index contributed by atoms with van der Waals surface area (Å²) in [5.41, 5.74) is 0.693. The monoisotopic (exact) mass is 196 g/mol. The molecule has 1 aromatic carbocycles. The van der Waals surface area contributed by atoms with E-state index >= 15 is 0 Å². The number of carbonyl (C=O) groups is 1. The van der Waals surface area contributed by atoms with E-state index in [-0.39, 0.29) is 17.1 Å². The van der Waals surface area contributed by atoms with Gasteiger partial charge in [0, 0.05) is 0 Å². The van der Waals surface area contributed by atoms with Gasteiger partial charge in [-0.1, -0.05) is 6.92 Å². The number of aromatic hydroxyl groups is 1. The van der Waals surface area contributed by atoms with Crippen molar-refractivity contribution >= 4 is 5.97 Å². The number of carboxylic acid groups (broad SMARTS) is 1. The molecule has 14 heavy (non-hydrogen) atoms. The average molecular weight is 196 g/mol. The van der Waals surface area contributed by atoms with Crippen LogP contribution in [0.15, 0.2) is 12.1 Å². The van der Waals surface area contributed by atoms with Crippen LogP contribution < -0.4 is 4.74 Å². The Bertz CT molecular complexity index is 332. The van der Waals surface area contributed by atoms with Gasteiger partial charge in [0.05, 0.1) is 12.7 Å². The molecule has 0 atom stereocenters. The maximum absolute atomic E-state index is 10.7. The molecule has 0 spiro atoms. The summed E-state index contributed by atoms with van der Waals surface area (Å²) in [4.78, 5) is 10.7. The Labute approximate surface area is 81.8 Å². The van der Waals surface area contributed by atoms with E-state index in [1.54, 1.807) is 0 Å². The van der Waals surface area contributed by atoms with Crippen LogP contribution in [0.4, 0.5) is 0 Å². The quantitative estimate of drug-likeness (QED) is 0.771.